The molecular weight excluding hydrogens is 284 g/mol. The Morgan fingerprint density at radius 1 is 1.41 bits per heavy atom. The van der Waals surface area contributed by atoms with Crippen molar-refractivity contribution < 1.29 is 14.7 Å². The predicted molar refractivity (Wildman–Crippen MR) is 79.5 cm³/mol. The van der Waals surface area contributed by atoms with Crippen LogP contribution < -0.4 is 5.32 Å². The lowest BCUT2D eigenvalue weighted by Gasteiger charge is -2.12. The molecule has 7 heteroatoms. The van der Waals surface area contributed by atoms with E-state index in [-0.39, 0.29) is 17.9 Å². The van der Waals surface area contributed by atoms with Gasteiger partial charge in [0.1, 0.15) is 0 Å². The van der Waals surface area contributed by atoms with Crippen molar-refractivity contribution in [3.63, 3.8) is 0 Å². The van der Waals surface area contributed by atoms with Crippen molar-refractivity contribution >= 4 is 22.9 Å². The summed E-state index contributed by atoms with van der Waals surface area (Å²) >= 11 is 0. The van der Waals surface area contributed by atoms with Crippen molar-refractivity contribution in [1.29, 1.82) is 0 Å². The van der Waals surface area contributed by atoms with Gasteiger partial charge in [-0.2, -0.15) is 5.10 Å². The second-order valence-electron chi connectivity index (χ2n) is 5.82. The second-order valence-corrected chi connectivity index (χ2v) is 5.82. The Morgan fingerprint density at radius 2 is 2.18 bits per heavy atom. The molecule has 2 atom stereocenters. The van der Waals surface area contributed by atoms with Crippen LogP contribution in [0.25, 0.3) is 11.0 Å². The highest BCUT2D eigenvalue weighted by molar-refractivity contribution is 5.97. The van der Waals surface area contributed by atoms with Gasteiger partial charge in [0, 0.05) is 24.7 Å². The Morgan fingerprint density at radius 3 is 2.86 bits per heavy atom. The van der Waals surface area contributed by atoms with Gasteiger partial charge >= 0.3 is 5.97 Å². The molecule has 0 saturated heterocycles. The standard InChI is InChI=1S/C15H18N4O3/c1-8-12-6-10(7-16-13(12)19(2)18-8)14(20)17-11-4-3-9(5-11)15(21)22/h6-7,9,11H,3-5H2,1-2H3,(H,17,20)(H,21,22)/t9-,11+/m1/s1. The Hall–Kier alpha value is -2.44. The van der Waals surface area contributed by atoms with Crippen LogP contribution in [0.3, 0.4) is 0 Å². The normalized spacial score (nSPS) is 21.2. The van der Waals surface area contributed by atoms with Crippen molar-refractivity contribution in [2.24, 2.45) is 13.0 Å². The first kappa shape index (κ1) is 14.5. The molecule has 2 aromatic rings. The molecule has 1 aliphatic carbocycles. The Labute approximate surface area is 127 Å². The summed E-state index contributed by atoms with van der Waals surface area (Å²) in [4.78, 5) is 27.6. The fourth-order valence-corrected chi connectivity index (χ4v) is 3.04. The number of aromatic nitrogens is 3. The number of rotatable bonds is 3. The first-order valence-electron chi connectivity index (χ1n) is 7.28. The summed E-state index contributed by atoms with van der Waals surface area (Å²) in [6.45, 7) is 1.88. The first-order valence-corrected chi connectivity index (χ1v) is 7.28. The van der Waals surface area contributed by atoms with Gasteiger partial charge in [0.05, 0.1) is 17.2 Å². The summed E-state index contributed by atoms with van der Waals surface area (Å²) in [5.74, 6) is -1.36. The average molecular weight is 302 g/mol. The number of amides is 1. The maximum atomic E-state index is 12.3. The second kappa shape index (κ2) is 5.40. The van der Waals surface area contributed by atoms with Crippen LogP contribution in [0.4, 0.5) is 0 Å². The number of aliphatic carboxylic acids is 1. The molecule has 3 rings (SSSR count). The quantitative estimate of drug-likeness (QED) is 0.889. The van der Waals surface area contributed by atoms with E-state index < -0.39 is 5.97 Å². The minimum absolute atomic E-state index is 0.0840. The largest absolute Gasteiger partial charge is 0.481 e. The van der Waals surface area contributed by atoms with Gasteiger partial charge in [-0.15, -0.1) is 0 Å². The lowest BCUT2D eigenvalue weighted by atomic mass is 10.1. The van der Waals surface area contributed by atoms with Crippen LogP contribution in [-0.4, -0.2) is 37.8 Å². The fraction of sp³-hybridized carbons (Fsp3) is 0.467. The Kier molecular flexibility index (Phi) is 3.56. The smallest absolute Gasteiger partial charge is 0.306 e. The van der Waals surface area contributed by atoms with Crippen molar-refractivity contribution in [2.75, 3.05) is 0 Å². The molecule has 22 heavy (non-hydrogen) atoms. The number of hydrogen-bond donors (Lipinski definition) is 2. The molecule has 2 N–H and O–H groups in total. The van der Waals surface area contributed by atoms with Crippen molar-refractivity contribution in [3.05, 3.63) is 23.5 Å². The third-order valence-electron chi connectivity index (χ3n) is 4.24. The molecule has 0 bridgehead atoms. The van der Waals surface area contributed by atoms with E-state index in [1.54, 1.807) is 10.7 Å². The van der Waals surface area contributed by atoms with Gasteiger partial charge in [-0.25, -0.2) is 4.98 Å². The number of nitrogens with one attached hydrogen (secondary N) is 1. The van der Waals surface area contributed by atoms with Crippen LogP contribution in [0, 0.1) is 12.8 Å². The van der Waals surface area contributed by atoms with E-state index in [9.17, 15) is 9.59 Å². The minimum Gasteiger partial charge on any atom is -0.481 e. The van der Waals surface area contributed by atoms with Gasteiger partial charge < -0.3 is 10.4 Å². The molecule has 1 fully saturated rings. The zero-order chi connectivity index (χ0) is 15.9. The summed E-state index contributed by atoms with van der Waals surface area (Å²) in [5, 5.41) is 17.0. The van der Waals surface area contributed by atoms with Crippen molar-refractivity contribution in [3.8, 4) is 0 Å². The van der Waals surface area contributed by atoms with E-state index in [4.69, 9.17) is 5.11 Å². The Balaban J connectivity index is 1.75. The van der Waals surface area contributed by atoms with E-state index in [2.05, 4.69) is 15.4 Å². The highest BCUT2D eigenvalue weighted by Gasteiger charge is 2.30. The van der Waals surface area contributed by atoms with Crippen LogP contribution in [-0.2, 0) is 11.8 Å². The molecule has 0 aliphatic heterocycles. The fourth-order valence-electron chi connectivity index (χ4n) is 3.04. The lowest BCUT2D eigenvalue weighted by Crippen LogP contribution is -2.33. The number of pyridine rings is 1. The number of carbonyl (C=O) groups excluding carboxylic acids is 1. The molecule has 0 radical (unpaired) electrons. The molecule has 0 spiro atoms. The summed E-state index contributed by atoms with van der Waals surface area (Å²) in [6, 6.07) is 1.70. The number of carboxylic acids is 1. The zero-order valence-corrected chi connectivity index (χ0v) is 12.5. The number of hydrogen-bond acceptors (Lipinski definition) is 4. The predicted octanol–water partition coefficient (Wildman–Crippen LogP) is 1.26. The molecule has 0 unspecified atom stereocenters. The SMILES string of the molecule is Cc1nn(C)c2ncc(C(=O)N[C@H]3CC[C@@H](C(=O)O)C3)cc12. The highest BCUT2D eigenvalue weighted by atomic mass is 16.4. The van der Waals surface area contributed by atoms with Gasteiger partial charge in [0.25, 0.3) is 5.91 Å². The summed E-state index contributed by atoms with van der Waals surface area (Å²) < 4.78 is 1.68. The van der Waals surface area contributed by atoms with Crippen molar-refractivity contribution in [1.82, 2.24) is 20.1 Å². The molecule has 7 nitrogen and oxygen atoms in total. The maximum Gasteiger partial charge on any atom is 0.306 e. The van der Waals surface area contributed by atoms with Crippen LogP contribution in [0.5, 0.6) is 0 Å². The van der Waals surface area contributed by atoms with Crippen molar-refractivity contribution in [2.45, 2.75) is 32.2 Å². The summed E-state index contributed by atoms with van der Waals surface area (Å²) in [7, 11) is 1.81. The van der Waals surface area contributed by atoms with E-state index in [0.29, 0.717) is 24.8 Å². The molecule has 0 aromatic carbocycles. The topological polar surface area (TPSA) is 97.1 Å². The Bertz CT molecular complexity index is 753. The molecular formula is C15H18N4O3. The third-order valence-corrected chi connectivity index (χ3v) is 4.24. The zero-order valence-electron chi connectivity index (χ0n) is 12.5. The van der Waals surface area contributed by atoms with Gasteiger partial charge in [0.15, 0.2) is 5.65 Å². The van der Waals surface area contributed by atoms with Gasteiger partial charge in [-0.1, -0.05) is 0 Å². The number of carboxylic acid groups (broad SMARTS) is 1. The molecule has 1 saturated carbocycles. The summed E-state index contributed by atoms with van der Waals surface area (Å²) in [5.41, 5.74) is 2.04. The van der Waals surface area contributed by atoms with Crippen LogP contribution in [0.1, 0.15) is 35.3 Å². The van der Waals surface area contributed by atoms with Gasteiger partial charge in [-0.05, 0) is 32.3 Å². The van der Waals surface area contributed by atoms with Crippen LogP contribution in [0.15, 0.2) is 12.3 Å². The van der Waals surface area contributed by atoms with Crippen LogP contribution >= 0.6 is 0 Å². The number of nitrogens with zero attached hydrogens (tertiary/aromatic N) is 3. The highest BCUT2D eigenvalue weighted by Crippen LogP contribution is 2.26. The molecule has 2 heterocycles. The molecule has 2 aromatic heterocycles. The number of carbonyl (C=O) groups is 2. The third kappa shape index (κ3) is 2.54. The molecule has 116 valence electrons. The van der Waals surface area contributed by atoms with E-state index in [0.717, 1.165) is 16.7 Å². The van der Waals surface area contributed by atoms with E-state index in [1.165, 1.54) is 6.20 Å². The first-order chi connectivity index (χ1) is 10.5. The monoisotopic (exact) mass is 302 g/mol. The lowest BCUT2D eigenvalue weighted by molar-refractivity contribution is -0.141. The van der Waals surface area contributed by atoms with E-state index >= 15 is 0 Å². The number of aryl methyl sites for hydroxylation is 2. The van der Waals surface area contributed by atoms with Gasteiger partial charge in [-0.3, -0.25) is 14.3 Å². The van der Waals surface area contributed by atoms with Crippen LogP contribution in [0.2, 0.25) is 0 Å². The summed E-state index contributed by atoms with van der Waals surface area (Å²) in [6.07, 6.45) is 3.33. The van der Waals surface area contributed by atoms with Gasteiger partial charge in [0.2, 0.25) is 0 Å². The number of fused-ring (bicyclic) bond motifs is 1. The van der Waals surface area contributed by atoms with E-state index in [1.807, 2.05) is 14.0 Å². The maximum absolute atomic E-state index is 12.3. The molecule has 1 aliphatic rings. The minimum atomic E-state index is -0.786. The molecule has 1 amide bonds. The average Bonchev–Trinajstić information content (AvgIpc) is 3.05.